The number of anilines is 1. The summed E-state index contributed by atoms with van der Waals surface area (Å²) in [6.07, 6.45) is 2.91. The molecule has 0 spiro atoms. The first-order valence-corrected chi connectivity index (χ1v) is 13.2. The van der Waals surface area contributed by atoms with Crippen molar-refractivity contribution in [3.63, 3.8) is 0 Å². The monoisotopic (exact) mass is 544 g/mol. The maximum Gasteiger partial charge on any atom is 0.260 e. The highest BCUT2D eigenvalue weighted by Crippen LogP contribution is 2.33. The predicted molar refractivity (Wildman–Crippen MR) is 149 cm³/mol. The highest BCUT2D eigenvalue weighted by Gasteiger charge is 2.27. The second-order valence-corrected chi connectivity index (χ2v) is 10.3. The van der Waals surface area contributed by atoms with Crippen LogP contribution in [0.15, 0.2) is 94.3 Å². The molecular weight excluding hydrogens is 520 g/mol. The largest absolute Gasteiger partial charge is 0.488 e. The van der Waals surface area contributed by atoms with Crippen LogP contribution in [0.2, 0.25) is 0 Å². The van der Waals surface area contributed by atoms with Crippen LogP contribution in [0.3, 0.4) is 0 Å². The van der Waals surface area contributed by atoms with Gasteiger partial charge in [0.15, 0.2) is 5.50 Å². The summed E-state index contributed by atoms with van der Waals surface area (Å²) in [7, 11) is 0. The maximum atomic E-state index is 12.5. The Morgan fingerprint density at radius 1 is 1.03 bits per heavy atom. The summed E-state index contributed by atoms with van der Waals surface area (Å²) in [6.45, 7) is 2.61. The Balaban J connectivity index is 1.24. The molecule has 176 valence electrons. The highest BCUT2D eigenvalue weighted by atomic mass is 79.9. The molecule has 1 saturated heterocycles. The number of halogens is 1. The highest BCUT2D eigenvalue weighted by molar-refractivity contribution is 9.10. The van der Waals surface area contributed by atoms with Gasteiger partial charge in [0.05, 0.1) is 9.38 Å². The van der Waals surface area contributed by atoms with Crippen LogP contribution >= 0.6 is 27.7 Å². The molecule has 1 aliphatic rings. The summed E-state index contributed by atoms with van der Waals surface area (Å²) in [5.41, 5.74) is 4.14. The molecule has 1 aliphatic heterocycles. The number of nitrogens with one attached hydrogen (secondary N) is 2. The first kappa shape index (κ1) is 23.5. The number of carbonyl (C=O) groups is 1. The van der Waals surface area contributed by atoms with Gasteiger partial charge in [-0.2, -0.15) is 0 Å². The van der Waals surface area contributed by atoms with Gasteiger partial charge in [0.1, 0.15) is 12.4 Å². The van der Waals surface area contributed by atoms with Crippen LogP contribution in [0.4, 0.5) is 5.69 Å². The Kier molecular flexibility index (Phi) is 7.11. The van der Waals surface area contributed by atoms with Crippen molar-refractivity contribution >= 4 is 56.1 Å². The van der Waals surface area contributed by atoms with Crippen molar-refractivity contribution < 1.29 is 9.53 Å². The van der Waals surface area contributed by atoms with E-state index in [1.807, 2.05) is 48.5 Å². The normalized spacial score (nSPS) is 16.5. The van der Waals surface area contributed by atoms with Gasteiger partial charge in [-0.25, -0.2) is 0 Å². The van der Waals surface area contributed by atoms with E-state index in [1.165, 1.54) is 28.1 Å². The summed E-state index contributed by atoms with van der Waals surface area (Å²) in [4.78, 5) is 13.2. The van der Waals surface area contributed by atoms with E-state index in [0.29, 0.717) is 11.5 Å². The molecule has 4 aromatic rings. The van der Waals surface area contributed by atoms with E-state index in [-0.39, 0.29) is 11.4 Å². The molecule has 1 heterocycles. The minimum atomic E-state index is -0.201. The average Bonchev–Trinajstić information content (AvgIpc) is 3.22. The van der Waals surface area contributed by atoms with Crippen molar-refractivity contribution in [1.29, 1.82) is 0 Å². The smallest absolute Gasteiger partial charge is 0.260 e. The Hall–Kier alpha value is -3.22. The second-order valence-electron chi connectivity index (χ2n) is 8.29. The van der Waals surface area contributed by atoms with E-state index < -0.39 is 0 Å². The average molecular weight is 546 g/mol. The number of thioether (sulfide) groups is 1. The third-order valence-corrected chi connectivity index (χ3v) is 7.56. The van der Waals surface area contributed by atoms with Crippen LogP contribution in [-0.2, 0) is 17.8 Å². The fourth-order valence-corrected chi connectivity index (χ4v) is 5.50. The molecule has 5 rings (SSSR count). The molecule has 1 fully saturated rings. The number of amides is 1. The minimum absolute atomic E-state index is 0.0786. The number of benzene rings is 4. The number of aryl methyl sites for hydroxylation is 1. The van der Waals surface area contributed by atoms with Crippen molar-refractivity contribution in [3.8, 4) is 5.75 Å². The van der Waals surface area contributed by atoms with Gasteiger partial charge in [0, 0.05) is 5.69 Å². The molecular formula is C29H25BrN2O2S. The standard InChI is InChI=1S/C29H25BrN2O2S/c1-2-19-10-13-23(14-11-19)31-29-32-28(33)27(35-29)17-20-12-15-26(25(30)16-20)34-18-22-8-5-7-21-6-3-4-9-24(21)22/h3-17,29,31H,2,18H2,1H3,(H,32,33)/b27-17-/t29-/m0/s1. The topological polar surface area (TPSA) is 50.4 Å². The Labute approximate surface area is 217 Å². The molecule has 0 bridgehead atoms. The van der Waals surface area contributed by atoms with Crippen LogP contribution in [0.5, 0.6) is 5.75 Å². The summed E-state index contributed by atoms with van der Waals surface area (Å²) in [6, 6.07) is 28.7. The second kappa shape index (κ2) is 10.6. The molecule has 0 aliphatic carbocycles. The van der Waals surface area contributed by atoms with E-state index in [1.54, 1.807) is 0 Å². The molecule has 0 unspecified atom stereocenters. The third kappa shape index (κ3) is 5.55. The lowest BCUT2D eigenvalue weighted by Crippen LogP contribution is -2.30. The van der Waals surface area contributed by atoms with Crippen LogP contribution in [-0.4, -0.2) is 11.4 Å². The lowest BCUT2D eigenvalue weighted by atomic mass is 10.1. The SMILES string of the molecule is CCc1ccc(N[C@H]2NC(=O)/C(=C/c3ccc(OCc4cccc5ccccc45)c(Br)c3)S2)cc1. The molecule has 4 aromatic carbocycles. The Morgan fingerprint density at radius 3 is 2.63 bits per heavy atom. The molecule has 4 nitrogen and oxygen atoms in total. The van der Waals surface area contributed by atoms with Gasteiger partial charge in [-0.1, -0.05) is 79.3 Å². The van der Waals surface area contributed by atoms with Gasteiger partial charge in [0.2, 0.25) is 0 Å². The van der Waals surface area contributed by atoms with Gasteiger partial charge < -0.3 is 15.4 Å². The van der Waals surface area contributed by atoms with Crippen LogP contribution in [0, 0.1) is 0 Å². The summed E-state index contributed by atoms with van der Waals surface area (Å²) in [5, 5.41) is 8.75. The molecule has 0 aromatic heterocycles. The maximum absolute atomic E-state index is 12.5. The Morgan fingerprint density at radius 2 is 1.83 bits per heavy atom. The van der Waals surface area contributed by atoms with Crippen molar-refractivity contribution in [2.45, 2.75) is 25.4 Å². The zero-order valence-electron chi connectivity index (χ0n) is 19.3. The van der Waals surface area contributed by atoms with Crippen LogP contribution in [0.1, 0.15) is 23.6 Å². The Bertz CT molecular complexity index is 1400. The summed E-state index contributed by atoms with van der Waals surface area (Å²) >= 11 is 5.11. The van der Waals surface area contributed by atoms with Crippen molar-refractivity contribution in [2.24, 2.45) is 0 Å². The number of ether oxygens (including phenoxy) is 1. The molecule has 1 amide bonds. The summed E-state index contributed by atoms with van der Waals surface area (Å²) in [5.74, 6) is 0.684. The molecule has 0 radical (unpaired) electrons. The van der Waals surface area contributed by atoms with E-state index in [0.717, 1.165) is 33.5 Å². The number of rotatable bonds is 7. The summed E-state index contributed by atoms with van der Waals surface area (Å²) < 4.78 is 6.96. The van der Waals surface area contributed by atoms with Crippen LogP contribution < -0.4 is 15.4 Å². The lowest BCUT2D eigenvalue weighted by Gasteiger charge is -2.13. The van der Waals surface area contributed by atoms with Gasteiger partial charge in [-0.05, 0) is 80.2 Å². The number of fused-ring (bicyclic) bond motifs is 1. The van der Waals surface area contributed by atoms with Crippen molar-refractivity contribution in [2.75, 3.05) is 5.32 Å². The molecule has 1 atom stereocenters. The van der Waals surface area contributed by atoms with E-state index in [2.05, 4.69) is 76.0 Å². The molecule has 0 saturated carbocycles. The third-order valence-electron chi connectivity index (χ3n) is 5.91. The zero-order chi connectivity index (χ0) is 24.2. The number of hydrogen-bond acceptors (Lipinski definition) is 4. The van der Waals surface area contributed by atoms with Crippen molar-refractivity contribution in [3.05, 3.63) is 111 Å². The fourth-order valence-electron chi connectivity index (χ4n) is 4.00. The molecule has 35 heavy (non-hydrogen) atoms. The fraction of sp³-hybridized carbons (Fsp3) is 0.138. The van der Waals surface area contributed by atoms with Crippen molar-refractivity contribution in [1.82, 2.24) is 5.32 Å². The van der Waals surface area contributed by atoms with Gasteiger partial charge >= 0.3 is 0 Å². The quantitative estimate of drug-likeness (QED) is 0.239. The predicted octanol–water partition coefficient (Wildman–Crippen LogP) is 7.34. The van der Waals surface area contributed by atoms with E-state index in [9.17, 15) is 4.79 Å². The molecule has 6 heteroatoms. The zero-order valence-corrected chi connectivity index (χ0v) is 21.7. The van der Waals surface area contributed by atoms with Gasteiger partial charge in [-0.3, -0.25) is 4.79 Å². The van der Waals surface area contributed by atoms with Gasteiger partial charge in [0.25, 0.3) is 5.91 Å². The van der Waals surface area contributed by atoms with E-state index in [4.69, 9.17) is 4.74 Å². The van der Waals surface area contributed by atoms with E-state index >= 15 is 0 Å². The number of carbonyl (C=O) groups excluding carboxylic acids is 1. The molecule has 2 N–H and O–H groups in total. The first-order chi connectivity index (χ1) is 17.1. The van der Waals surface area contributed by atoms with Crippen LogP contribution in [0.25, 0.3) is 16.8 Å². The number of hydrogen-bond donors (Lipinski definition) is 2. The minimum Gasteiger partial charge on any atom is -0.488 e. The van der Waals surface area contributed by atoms with Gasteiger partial charge in [-0.15, -0.1) is 0 Å². The first-order valence-electron chi connectivity index (χ1n) is 11.5. The lowest BCUT2D eigenvalue weighted by molar-refractivity contribution is -0.116.